The van der Waals surface area contributed by atoms with E-state index in [2.05, 4.69) is 114 Å². The number of furan rings is 2. The third-order valence-corrected chi connectivity index (χ3v) is 11.1. The molecule has 6 nitrogen and oxygen atoms in total. The highest BCUT2D eigenvalue weighted by Gasteiger charge is 2.22. The standard InChI is InChI=1S/C51H30N4O2/c1-3-14-31(15-4-1)49-52-50(32-16-5-2-6-17-32)54-51(53-49)33-28-29-43-39(30-33)38-22-11-21-37(48(38)57-43)36-20-12-26-44-46(36)47-42(25-13-27-45(47)56-44)55-40-23-9-7-18-34(40)35-19-8-10-24-41(35)55/h1-30H. The first-order valence-corrected chi connectivity index (χ1v) is 19.0. The van der Waals surface area contributed by atoms with E-state index in [0.29, 0.717) is 17.5 Å². The van der Waals surface area contributed by atoms with Crippen LogP contribution in [0.5, 0.6) is 0 Å². The number of hydrogen-bond donors (Lipinski definition) is 0. The number of para-hydroxylation sites is 3. The van der Waals surface area contributed by atoms with Crippen LogP contribution in [0.25, 0.3) is 117 Å². The van der Waals surface area contributed by atoms with Crippen molar-refractivity contribution in [3.05, 3.63) is 182 Å². The maximum Gasteiger partial charge on any atom is 0.164 e. The second kappa shape index (κ2) is 12.3. The van der Waals surface area contributed by atoms with Crippen LogP contribution in [0.3, 0.4) is 0 Å². The number of rotatable bonds is 5. The average Bonchev–Trinajstić information content (AvgIpc) is 3.96. The predicted molar refractivity (Wildman–Crippen MR) is 230 cm³/mol. The molecule has 0 atom stereocenters. The van der Waals surface area contributed by atoms with Gasteiger partial charge in [-0.15, -0.1) is 0 Å². The number of fused-ring (bicyclic) bond motifs is 9. The predicted octanol–water partition coefficient (Wildman–Crippen LogP) is 13.4. The minimum Gasteiger partial charge on any atom is -0.456 e. The molecule has 0 aliphatic carbocycles. The number of nitrogens with zero attached hydrogens (tertiary/aromatic N) is 4. The van der Waals surface area contributed by atoms with E-state index in [-0.39, 0.29) is 0 Å². The second-order valence-corrected chi connectivity index (χ2v) is 14.3. The van der Waals surface area contributed by atoms with Crippen LogP contribution in [0, 0.1) is 0 Å². The molecule has 0 aliphatic heterocycles. The Bertz CT molecular complexity index is 3410. The summed E-state index contributed by atoms with van der Waals surface area (Å²) < 4.78 is 15.8. The van der Waals surface area contributed by atoms with E-state index in [9.17, 15) is 0 Å². The first-order valence-electron chi connectivity index (χ1n) is 19.0. The fourth-order valence-corrected chi connectivity index (χ4v) is 8.53. The highest BCUT2D eigenvalue weighted by atomic mass is 16.3. The van der Waals surface area contributed by atoms with Crippen LogP contribution in [0.2, 0.25) is 0 Å². The lowest BCUT2D eigenvalue weighted by molar-refractivity contribution is 0.668. The summed E-state index contributed by atoms with van der Waals surface area (Å²) >= 11 is 0. The Hall–Kier alpha value is -7.83. The van der Waals surface area contributed by atoms with Crippen LogP contribution in [0.1, 0.15) is 0 Å². The average molecular weight is 731 g/mol. The minimum atomic E-state index is 0.599. The van der Waals surface area contributed by atoms with Gasteiger partial charge in [-0.1, -0.05) is 133 Å². The first-order chi connectivity index (χ1) is 28.3. The van der Waals surface area contributed by atoms with E-state index >= 15 is 0 Å². The lowest BCUT2D eigenvalue weighted by atomic mass is 9.96. The van der Waals surface area contributed by atoms with Gasteiger partial charge in [-0.2, -0.15) is 0 Å². The Morgan fingerprint density at radius 3 is 1.58 bits per heavy atom. The molecule has 4 aromatic heterocycles. The molecule has 0 amide bonds. The maximum absolute atomic E-state index is 6.78. The molecule has 0 bridgehead atoms. The zero-order chi connectivity index (χ0) is 37.5. The van der Waals surface area contributed by atoms with Gasteiger partial charge in [0.1, 0.15) is 22.3 Å². The van der Waals surface area contributed by atoms with Crippen LogP contribution in [0.4, 0.5) is 0 Å². The van der Waals surface area contributed by atoms with Crippen molar-refractivity contribution in [2.45, 2.75) is 0 Å². The number of hydrogen-bond acceptors (Lipinski definition) is 5. The van der Waals surface area contributed by atoms with Gasteiger partial charge in [0.2, 0.25) is 0 Å². The normalized spacial score (nSPS) is 11.9. The summed E-state index contributed by atoms with van der Waals surface area (Å²) in [5, 5.41) is 6.54. The van der Waals surface area contributed by atoms with Gasteiger partial charge in [0.05, 0.1) is 22.1 Å². The van der Waals surface area contributed by atoms with Crippen LogP contribution < -0.4 is 0 Å². The monoisotopic (exact) mass is 730 g/mol. The fraction of sp³-hybridized carbons (Fsp3) is 0. The van der Waals surface area contributed by atoms with Crippen molar-refractivity contribution in [3.8, 4) is 51.0 Å². The molecule has 8 aromatic carbocycles. The highest BCUT2D eigenvalue weighted by Crippen LogP contribution is 2.45. The lowest BCUT2D eigenvalue weighted by Crippen LogP contribution is -2.00. The van der Waals surface area contributed by atoms with Crippen molar-refractivity contribution in [1.29, 1.82) is 0 Å². The molecule has 12 rings (SSSR count). The largest absolute Gasteiger partial charge is 0.456 e. The topological polar surface area (TPSA) is 69.9 Å². The van der Waals surface area contributed by atoms with Crippen molar-refractivity contribution in [3.63, 3.8) is 0 Å². The van der Waals surface area contributed by atoms with Gasteiger partial charge >= 0.3 is 0 Å². The summed E-state index contributed by atoms with van der Waals surface area (Å²) in [4.78, 5) is 14.9. The molecule has 57 heavy (non-hydrogen) atoms. The number of benzene rings is 8. The smallest absolute Gasteiger partial charge is 0.164 e. The molecule has 0 aliphatic rings. The van der Waals surface area contributed by atoms with Crippen molar-refractivity contribution in [2.24, 2.45) is 0 Å². The Kier molecular flexibility index (Phi) is 6.83. The molecule has 0 saturated carbocycles. The summed E-state index contributed by atoms with van der Waals surface area (Å²) in [6.45, 7) is 0. The van der Waals surface area contributed by atoms with Crippen molar-refractivity contribution >= 4 is 65.7 Å². The van der Waals surface area contributed by atoms with Gasteiger partial charge in [0, 0.05) is 49.2 Å². The summed E-state index contributed by atoms with van der Waals surface area (Å²) in [7, 11) is 0. The first kappa shape index (κ1) is 31.5. The van der Waals surface area contributed by atoms with Gasteiger partial charge in [-0.3, -0.25) is 0 Å². The summed E-state index contributed by atoms with van der Waals surface area (Å²) in [6, 6.07) is 62.5. The molecule has 6 heteroatoms. The fourth-order valence-electron chi connectivity index (χ4n) is 8.53. The Labute approximate surface area is 325 Å². The third-order valence-electron chi connectivity index (χ3n) is 11.1. The Morgan fingerprint density at radius 1 is 0.351 bits per heavy atom. The van der Waals surface area contributed by atoms with Crippen molar-refractivity contribution in [1.82, 2.24) is 19.5 Å². The molecule has 0 spiro atoms. The molecule has 266 valence electrons. The molecule has 4 heterocycles. The molecule has 0 radical (unpaired) electrons. The van der Waals surface area contributed by atoms with Gasteiger partial charge in [0.15, 0.2) is 17.5 Å². The van der Waals surface area contributed by atoms with Crippen LogP contribution >= 0.6 is 0 Å². The lowest BCUT2D eigenvalue weighted by Gasteiger charge is -2.11. The quantitative estimate of drug-likeness (QED) is 0.176. The molecule has 0 unspecified atom stereocenters. The second-order valence-electron chi connectivity index (χ2n) is 14.3. The summed E-state index contributed by atoms with van der Waals surface area (Å²) in [6.07, 6.45) is 0. The maximum atomic E-state index is 6.78. The van der Waals surface area contributed by atoms with E-state index < -0.39 is 0 Å². The molecule has 0 fully saturated rings. The van der Waals surface area contributed by atoms with Crippen molar-refractivity contribution < 1.29 is 8.83 Å². The van der Waals surface area contributed by atoms with Gasteiger partial charge < -0.3 is 13.4 Å². The summed E-state index contributed by atoms with van der Waals surface area (Å²) in [5.74, 6) is 1.85. The number of aromatic nitrogens is 4. The minimum absolute atomic E-state index is 0.599. The van der Waals surface area contributed by atoms with E-state index in [1.165, 1.54) is 10.8 Å². The van der Waals surface area contributed by atoms with Gasteiger partial charge in [-0.05, 0) is 54.1 Å². The van der Waals surface area contributed by atoms with Gasteiger partial charge in [-0.25, -0.2) is 15.0 Å². The molecular weight excluding hydrogens is 701 g/mol. The molecule has 12 aromatic rings. The molecular formula is C51H30N4O2. The third kappa shape index (κ3) is 4.87. The zero-order valence-corrected chi connectivity index (χ0v) is 30.4. The molecule has 0 N–H and O–H groups in total. The van der Waals surface area contributed by atoms with E-state index in [1.807, 2.05) is 72.8 Å². The van der Waals surface area contributed by atoms with Crippen molar-refractivity contribution in [2.75, 3.05) is 0 Å². The Balaban J connectivity index is 1.06. The van der Waals surface area contributed by atoms with Gasteiger partial charge in [0.25, 0.3) is 0 Å². The highest BCUT2D eigenvalue weighted by molar-refractivity contribution is 6.20. The molecule has 0 saturated heterocycles. The van der Waals surface area contributed by atoms with Crippen LogP contribution in [-0.2, 0) is 0 Å². The zero-order valence-electron chi connectivity index (χ0n) is 30.4. The Morgan fingerprint density at radius 2 is 0.895 bits per heavy atom. The van der Waals surface area contributed by atoms with E-state index in [4.69, 9.17) is 23.8 Å². The van der Waals surface area contributed by atoms with Crippen LogP contribution in [-0.4, -0.2) is 19.5 Å². The summed E-state index contributed by atoms with van der Waals surface area (Å²) in [5.41, 5.74) is 11.4. The van der Waals surface area contributed by atoms with E-state index in [0.717, 1.165) is 88.4 Å². The SMILES string of the molecule is c1ccc(-c2nc(-c3ccccc3)nc(-c3ccc4oc5c(-c6cccc7oc8cccc(-n9c%10ccccc%10c%10ccccc%109)c8c67)cccc5c4c3)n2)cc1. The van der Waals surface area contributed by atoms with Crippen LogP contribution in [0.15, 0.2) is 191 Å². The van der Waals surface area contributed by atoms with E-state index in [1.54, 1.807) is 0 Å².